The summed E-state index contributed by atoms with van der Waals surface area (Å²) in [6, 6.07) is 39.0. The van der Waals surface area contributed by atoms with Crippen LogP contribution in [-0.4, -0.2) is 73.9 Å². The predicted octanol–water partition coefficient (Wildman–Crippen LogP) is 6.33. The Hall–Kier alpha value is -7.07. The minimum atomic E-state index is -1.75. The fraction of sp³-hybridized carbons (Fsp3) is 0.280. The van der Waals surface area contributed by atoms with Crippen LogP contribution in [0, 0.1) is 22.7 Å². The minimum Gasteiger partial charge on any atom is -0.497 e. The van der Waals surface area contributed by atoms with E-state index >= 15 is 0 Å². The molecule has 4 aromatic carbocycles. The summed E-state index contributed by atoms with van der Waals surface area (Å²) in [5, 5.41) is 38.3. The van der Waals surface area contributed by atoms with Crippen LogP contribution >= 0.6 is 0 Å². The van der Waals surface area contributed by atoms with Crippen molar-refractivity contribution in [3.05, 3.63) is 155 Å². The van der Waals surface area contributed by atoms with E-state index in [0.717, 1.165) is 45.3 Å². The fourth-order valence-electron chi connectivity index (χ4n) is 7.05. The van der Waals surface area contributed by atoms with E-state index in [9.17, 15) is 20.6 Å². The number of nitrogens with zero attached hydrogens (tertiary/aromatic N) is 6. The van der Waals surface area contributed by atoms with Gasteiger partial charge >= 0.3 is 14.2 Å². The zero-order chi connectivity index (χ0) is 47.4. The van der Waals surface area contributed by atoms with Crippen molar-refractivity contribution in [3.8, 4) is 35.1 Å². The molecule has 338 valence electrons. The maximum atomic E-state index is 10.0. The van der Waals surface area contributed by atoms with E-state index < -0.39 is 25.4 Å². The smallest absolute Gasteiger partial charge is 0.497 e. The normalized spacial score (nSPS) is 13.3. The standard InChI is InChI=1S/C28H32BN3O4.C22H22BN3O4/c1-27(2)28(3,4)36-29(35-27)25-17-31-26(15-22(25)16-30)32(18-20-7-11-23(33-5)12-8-20)19-21-9-13-24(34-6)14-10-21;1-29-19-7-3-16(4-8-19)14-26(15-17-5-9-20(30-2)10-6-17)22-11-18(12-24)21(13-25-22)23(27)28/h7-15,17H,18-19H2,1-6H3;3-11,13,27-28H,14-15H2,1-2H3. The van der Waals surface area contributed by atoms with Crippen molar-refractivity contribution in [3.63, 3.8) is 0 Å². The number of hydrogen-bond donors (Lipinski definition) is 2. The molecular weight excluding hydrogens is 834 g/mol. The number of methoxy groups -OCH3 is 4. The lowest BCUT2D eigenvalue weighted by Gasteiger charge is -2.32. The van der Waals surface area contributed by atoms with Gasteiger partial charge in [-0.25, -0.2) is 9.97 Å². The Bertz CT molecular complexity index is 2500. The van der Waals surface area contributed by atoms with Crippen molar-refractivity contribution in [1.82, 2.24) is 9.97 Å². The van der Waals surface area contributed by atoms with Crippen LogP contribution in [0.1, 0.15) is 61.1 Å². The molecule has 1 aliphatic heterocycles. The molecule has 16 heteroatoms. The first-order valence-electron chi connectivity index (χ1n) is 21.2. The Morgan fingerprint density at radius 3 is 1.17 bits per heavy atom. The number of pyridine rings is 2. The van der Waals surface area contributed by atoms with Gasteiger partial charge in [-0.2, -0.15) is 10.5 Å². The number of nitriles is 2. The Kier molecular flexibility index (Phi) is 15.9. The summed E-state index contributed by atoms with van der Waals surface area (Å²) in [6.07, 6.45) is 3.03. The van der Waals surface area contributed by atoms with Crippen molar-refractivity contribution in [1.29, 1.82) is 10.5 Å². The van der Waals surface area contributed by atoms with E-state index in [1.54, 1.807) is 40.7 Å². The van der Waals surface area contributed by atoms with Crippen LogP contribution in [0.15, 0.2) is 122 Å². The van der Waals surface area contributed by atoms with Gasteiger partial charge in [-0.1, -0.05) is 48.5 Å². The maximum Gasteiger partial charge on any atom is 0.497 e. The Balaban J connectivity index is 0.000000222. The van der Waals surface area contributed by atoms with E-state index in [4.69, 9.17) is 33.2 Å². The monoisotopic (exact) mass is 888 g/mol. The Morgan fingerprint density at radius 2 is 0.864 bits per heavy atom. The number of anilines is 2. The van der Waals surface area contributed by atoms with E-state index in [-0.39, 0.29) is 11.0 Å². The third-order valence-electron chi connectivity index (χ3n) is 11.6. The molecule has 0 unspecified atom stereocenters. The van der Waals surface area contributed by atoms with Crippen LogP contribution in [0.25, 0.3) is 0 Å². The van der Waals surface area contributed by atoms with Crippen molar-refractivity contribution in [2.45, 2.75) is 65.1 Å². The third-order valence-corrected chi connectivity index (χ3v) is 11.6. The number of rotatable bonds is 16. The predicted molar refractivity (Wildman–Crippen MR) is 255 cm³/mol. The first-order chi connectivity index (χ1) is 31.7. The average Bonchev–Trinajstić information content (AvgIpc) is 3.56. The minimum absolute atomic E-state index is 0.0788. The second kappa shape index (κ2) is 21.7. The average molecular weight is 889 g/mol. The number of ether oxygens (including phenoxy) is 4. The van der Waals surface area contributed by atoms with E-state index in [0.29, 0.717) is 48.8 Å². The summed E-state index contributed by atoms with van der Waals surface area (Å²) in [7, 11) is 4.14. The molecule has 0 aliphatic carbocycles. The van der Waals surface area contributed by atoms with Gasteiger partial charge in [0.1, 0.15) is 34.6 Å². The molecule has 2 aromatic heterocycles. The van der Waals surface area contributed by atoms with Crippen LogP contribution in [0.5, 0.6) is 23.0 Å². The zero-order valence-electron chi connectivity index (χ0n) is 38.6. The van der Waals surface area contributed by atoms with Crippen LogP contribution in [0.3, 0.4) is 0 Å². The molecule has 3 heterocycles. The van der Waals surface area contributed by atoms with Gasteiger partial charge in [-0.15, -0.1) is 0 Å². The summed E-state index contributed by atoms with van der Waals surface area (Å²) in [4.78, 5) is 13.3. The summed E-state index contributed by atoms with van der Waals surface area (Å²) in [6.45, 7) is 10.2. The van der Waals surface area contributed by atoms with Gasteiger partial charge in [0.05, 0.1) is 62.9 Å². The molecule has 14 nitrogen and oxygen atoms in total. The number of aromatic nitrogens is 2. The molecule has 0 bridgehead atoms. The van der Waals surface area contributed by atoms with Gasteiger partial charge in [0, 0.05) is 49.5 Å². The van der Waals surface area contributed by atoms with Crippen molar-refractivity contribution in [2.24, 2.45) is 0 Å². The maximum absolute atomic E-state index is 10.0. The number of benzene rings is 4. The van der Waals surface area contributed by atoms with E-state index in [1.165, 1.54) is 6.20 Å². The van der Waals surface area contributed by atoms with E-state index in [2.05, 4.69) is 16.0 Å². The summed E-state index contributed by atoms with van der Waals surface area (Å²) < 4.78 is 33.4. The molecule has 0 amide bonds. The van der Waals surface area contributed by atoms with Gasteiger partial charge in [0.15, 0.2) is 0 Å². The summed E-state index contributed by atoms with van der Waals surface area (Å²) in [5.41, 5.74) is 4.63. The summed E-state index contributed by atoms with van der Waals surface area (Å²) >= 11 is 0. The quantitative estimate of drug-likeness (QED) is 0.103. The van der Waals surface area contributed by atoms with Gasteiger partial charge in [0.25, 0.3) is 0 Å². The first kappa shape index (κ1) is 48.4. The van der Waals surface area contributed by atoms with E-state index in [1.807, 2.05) is 142 Å². The molecule has 66 heavy (non-hydrogen) atoms. The van der Waals surface area contributed by atoms with Crippen LogP contribution < -0.4 is 39.7 Å². The molecule has 0 saturated carbocycles. The molecule has 1 fully saturated rings. The highest BCUT2D eigenvalue weighted by Crippen LogP contribution is 2.37. The Labute approximate surface area is 387 Å². The van der Waals surface area contributed by atoms with Crippen molar-refractivity contribution in [2.75, 3.05) is 38.2 Å². The second-order valence-electron chi connectivity index (χ2n) is 16.5. The molecule has 0 spiro atoms. The van der Waals surface area contributed by atoms with Gasteiger partial charge < -0.3 is 48.1 Å². The molecule has 1 saturated heterocycles. The number of hydrogen-bond acceptors (Lipinski definition) is 14. The van der Waals surface area contributed by atoms with Crippen LogP contribution in [-0.2, 0) is 35.5 Å². The molecule has 6 aromatic rings. The van der Waals surface area contributed by atoms with Crippen molar-refractivity contribution >= 4 is 36.8 Å². The topological polar surface area (TPSA) is 176 Å². The highest BCUT2D eigenvalue weighted by molar-refractivity contribution is 6.62. The molecule has 7 rings (SSSR count). The molecule has 1 aliphatic rings. The molecule has 0 radical (unpaired) electrons. The SMILES string of the molecule is COc1ccc(CN(Cc2ccc(OC)cc2)c2cc(C#N)c(B(O)O)cn2)cc1.COc1ccc(CN(Cc2ccc(OC)cc2)c2cc(C#N)c(B3OC(C)(C)C(C)(C)O3)cn2)cc1. The second-order valence-corrected chi connectivity index (χ2v) is 16.5. The van der Waals surface area contributed by atoms with Gasteiger partial charge in [-0.05, 0) is 111 Å². The highest BCUT2D eigenvalue weighted by atomic mass is 16.7. The first-order valence-corrected chi connectivity index (χ1v) is 21.2. The lowest BCUT2D eigenvalue weighted by Crippen LogP contribution is -2.41. The third kappa shape index (κ3) is 12.0. The van der Waals surface area contributed by atoms with Crippen LogP contribution in [0.4, 0.5) is 11.6 Å². The summed E-state index contributed by atoms with van der Waals surface area (Å²) in [5.74, 6) is 4.40. The highest BCUT2D eigenvalue weighted by Gasteiger charge is 2.52. The lowest BCUT2D eigenvalue weighted by molar-refractivity contribution is 0.00578. The molecule has 0 atom stereocenters. The zero-order valence-corrected chi connectivity index (χ0v) is 38.6. The van der Waals surface area contributed by atoms with Crippen molar-refractivity contribution < 1.29 is 38.3 Å². The van der Waals surface area contributed by atoms with Gasteiger partial charge in [-0.3, -0.25) is 0 Å². The van der Waals surface area contributed by atoms with Crippen LogP contribution in [0.2, 0.25) is 0 Å². The Morgan fingerprint density at radius 1 is 0.545 bits per heavy atom. The molecular formula is C50H54B2N6O8. The largest absolute Gasteiger partial charge is 0.497 e. The molecule has 2 N–H and O–H groups in total. The fourth-order valence-corrected chi connectivity index (χ4v) is 7.05. The lowest BCUT2D eigenvalue weighted by atomic mass is 9.77. The van der Waals surface area contributed by atoms with Gasteiger partial charge in [0.2, 0.25) is 0 Å².